The molecule has 0 aliphatic rings. The van der Waals surface area contributed by atoms with Crippen LogP contribution in [0.15, 0.2) is 16.8 Å². The number of aliphatic hydroxyl groups excluding tert-OH is 1. The molecule has 1 rings (SSSR count). The number of carbonyl (C=O) groups is 2. The third-order valence-corrected chi connectivity index (χ3v) is 2.54. The summed E-state index contributed by atoms with van der Waals surface area (Å²) >= 11 is 1.45. The molecular formula is C10H14N2O3S. The van der Waals surface area contributed by atoms with E-state index in [0.717, 1.165) is 0 Å². The Balaban J connectivity index is 2.16. The molecule has 0 fully saturated rings. The zero-order valence-corrected chi connectivity index (χ0v) is 9.55. The van der Waals surface area contributed by atoms with Crippen LogP contribution in [-0.2, 0) is 4.79 Å². The first-order valence-electron chi connectivity index (χ1n) is 4.92. The van der Waals surface area contributed by atoms with Gasteiger partial charge in [-0.05, 0) is 11.4 Å². The maximum atomic E-state index is 11.4. The molecule has 0 radical (unpaired) electrons. The fourth-order valence-electron chi connectivity index (χ4n) is 1.07. The van der Waals surface area contributed by atoms with Crippen LogP contribution in [0.5, 0.6) is 0 Å². The van der Waals surface area contributed by atoms with Gasteiger partial charge in [-0.25, -0.2) is 0 Å². The molecule has 2 amide bonds. The maximum absolute atomic E-state index is 11.4. The van der Waals surface area contributed by atoms with E-state index in [1.165, 1.54) is 11.3 Å². The number of aliphatic hydroxyl groups is 1. The van der Waals surface area contributed by atoms with E-state index in [9.17, 15) is 9.59 Å². The molecule has 1 aromatic rings. The summed E-state index contributed by atoms with van der Waals surface area (Å²) in [6.07, 6.45) is 0.218. The lowest BCUT2D eigenvalue weighted by Gasteiger charge is -2.04. The second-order valence-corrected chi connectivity index (χ2v) is 3.87. The smallest absolute Gasteiger partial charge is 0.252 e. The third-order valence-electron chi connectivity index (χ3n) is 1.85. The third kappa shape index (κ3) is 4.41. The Labute approximate surface area is 97.5 Å². The Hall–Kier alpha value is -1.40. The lowest BCUT2D eigenvalue weighted by atomic mass is 10.3. The van der Waals surface area contributed by atoms with Gasteiger partial charge in [0.2, 0.25) is 5.91 Å². The van der Waals surface area contributed by atoms with Crippen LogP contribution in [0.3, 0.4) is 0 Å². The largest absolute Gasteiger partial charge is 0.395 e. The predicted octanol–water partition coefficient (Wildman–Crippen LogP) is -0.0235. The first kappa shape index (κ1) is 12.7. The zero-order chi connectivity index (χ0) is 11.8. The summed E-state index contributed by atoms with van der Waals surface area (Å²) in [6.45, 7) is 0.469. The monoisotopic (exact) mass is 242 g/mol. The minimum absolute atomic E-state index is 0.0764. The highest BCUT2D eigenvalue weighted by molar-refractivity contribution is 7.08. The van der Waals surface area contributed by atoms with Crippen LogP contribution in [0.4, 0.5) is 0 Å². The quantitative estimate of drug-likeness (QED) is 0.656. The van der Waals surface area contributed by atoms with Crippen molar-refractivity contribution in [3.63, 3.8) is 0 Å². The zero-order valence-electron chi connectivity index (χ0n) is 8.73. The van der Waals surface area contributed by atoms with Gasteiger partial charge < -0.3 is 15.7 Å². The molecular weight excluding hydrogens is 228 g/mol. The Morgan fingerprint density at radius 2 is 2.12 bits per heavy atom. The summed E-state index contributed by atoms with van der Waals surface area (Å²) in [7, 11) is 0. The van der Waals surface area contributed by atoms with Gasteiger partial charge in [-0.2, -0.15) is 11.3 Å². The minimum atomic E-state index is -0.181. The van der Waals surface area contributed by atoms with E-state index >= 15 is 0 Å². The number of carbonyl (C=O) groups excluding carboxylic acids is 2. The minimum Gasteiger partial charge on any atom is -0.395 e. The molecule has 0 aliphatic carbocycles. The van der Waals surface area contributed by atoms with Crippen molar-refractivity contribution in [1.82, 2.24) is 10.6 Å². The van der Waals surface area contributed by atoms with Gasteiger partial charge in [0, 0.05) is 30.5 Å². The van der Waals surface area contributed by atoms with Gasteiger partial charge in [0.15, 0.2) is 0 Å². The number of hydrogen-bond donors (Lipinski definition) is 3. The lowest BCUT2D eigenvalue weighted by Crippen LogP contribution is -2.31. The highest BCUT2D eigenvalue weighted by atomic mass is 32.1. The van der Waals surface area contributed by atoms with Gasteiger partial charge in [-0.3, -0.25) is 9.59 Å². The molecule has 0 saturated heterocycles. The van der Waals surface area contributed by atoms with Crippen LogP contribution < -0.4 is 10.6 Å². The maximum Gasteiger partial charge on any atom is 0.252 e. The number of rotatable bonds is 6. The molecule has 0 atom stereocenters. The van der Waals surface area contributed by atoms with E-state index in [-0.39, 0.29) is 31.4 Å². The molecule has 1 heterocycles. The summed E-state index contributed by atoms with van der Waals surface area (Å²) in [5.74, 6) is -0.351. The van der Waals surface area contributed by atoms with Gasteiger partial charge >= 0.3 is 0 Å². The van der Waals surface area contributed by atoms with Crippen LogP contribution in [0.25, 0.3) is 0 Å². The van der Waals surface area contributed by atoms with Crippen molar-refractivity contribution in [3.8, 4) is 0 Å². The van der Waals surface area contributed by atoms with Crippen molar-refractivity contribution in [2.75, 3.05) is 19.7 Å². The average Bonchev–Trinajstić information content (AvgIpc) is 2.79. The van der Waals surface area contributed by atoms with Crippen LogP contribution in [-0.4, -0.2) is 36.6 Å². The topological polar surface area (TPSA) is 78.4 Å². The van der Waals surface area contributed by atoms with Gasteiger partial charge in [-0.1, -0.05) is 0 Å². The first-order valence-corrected chi connectivity index (χ1v) is 5.86. The van der Waals surface area contributed by atoms with Crippen LogP contribution >= 0.6 is 11.3 Å². The van der Waals surface area contributed by atoms with E-state index < -0.39 is 0 Å². The fourth-order valence-corrected chi connectivity index (χ4v) is 1.70. The predicted molar refractivity (Wildman–Crippen MR) is 61.4 cm³/mol. The Morgan fingerprint density at radius 3 is 2.75 bits per heavy atom. The van der Waals surface area contributed by atoms with Crippen molar-refractivity contribution in [2.24, 2.45) is 0 Å². The van der Waals surface area contributed by atoms with Crippen LogP contribution in [0.1, 0.15) is 16.8 Å². The summed E-state index contributed by atoms with van der Waals surface area (Å²) < 4.78 is 0. The van der Waals surface area contributed by atoms with E-state index in [1.54, 1.807) is 11.4 Å². The Bertz CT molecular complexity index is 338. The van der Waals surface area contributed by atoms with Crippen molar-refractivity contribution in [3.05, 3.63) is 22.4 Å². The number of thiophene rings is 1. The van der Waals surface area contributed by atoms with Gasteiger partial charge in [0.25, 0.3) is 5.91 Å². The second-order valence-electron chi connectivity index (χ2n) is 3.09. The van der Waals surface area contributed by atoms with Gasteiger partial charge in [-0.15, -0.1) is 0 Å². The summed E-state index contributed by atoms with van der Waals surface area (Å²) in [6, 6.07) is 1.73. The summed E-state index contributed by atoms with van der Waals surface area (Å²) in [5, 5.41) is 17.2. The second kappa shape index (κ2) is 6.97. The number of amides is 2. The lowest BCUT2D eigenvalue weighted by molar-refractivity contribution is -0.121. The fraction of sp³-hybridized carbons (Fsp3) is 0.400. The standard InChI is InChI=1S/C10H14N2O3S/c13-5-4-11-9(14)1-3-12-10(15)8-2-6-16-7-8/h2,6-7,13H,1,3-5H2,(H,11,14)(H,12,15). The molecule has 5 nitrogen and oxygen atoms in total. The highest BCUT2D eigenvalue weighted by Crippen LogP contribution is 2.04. The van der Waals surface area contributed by atoms with Crippen molar-refractivity contribution >= 4 is 23.2 Å². The molecule has 88 valence electrons. The van der Waals surface area contributed by atoms with E-state index in [4.69, 9.17) is 5.11 Å². The molecule has 0 aromatic carbocycles. The molecule has 6 heteroatoms. The van der Waals surface area contributed by atoms with E-state index in [2.05, 4.69) is 10.6 Å². The summed E-state index contributed by atoms with van der Waals surface area (Å²) in [5.41, 5.74) is 0.612. The van der Waals surface area contributed by atoms with Crippen molar-refractivity contribution in [1.29, 1.82) is 0 Å². The number of hydrogen-bond acceptors (Lipinski definition) is 4. The molecule has 0 bridgehead atoms. The number of nitrogens with one attached hydrogen (secondary N) is 2. The van der Waals surface area contributed by atoms with Crippen molar-refractivity contribution < 1.29 is 14.7 Å². The molecule has 0 spiro atoms. The van der Waals surface area contributed by atoms with Crippen LogP contribution in [0, 0.1) is 0 Å². The highest BCUT2D eigenvalue weighted by Gasteiger charge is 2.06. The molecule has 0 unspecified atom stereocenters. The molecule has 16 heavy (non-hydrogen) atoms. The van der Waals surface area contributed by atoms with E-state index in [1.807, 2.05) is 5.38 Å². The molecule has 0 aliphatic heterocycles. The van der Waals surface area contributed by atoms with E-state index in [0.29, 0.717) is 12.1 Å². The van der Waals surface area contributed by atoms with Gasteiger partial charge in [0.1, 0.15) is 0 Å². The molecule has 1 aromatic heterocycles. The molecule has 3 N–H and O–H groups in total. The Morgan fingerprint density at radius 1 is 1.31 bits per heavy atom. The summed E-state index contributed by atoms with van der Waals surface area (Å²) in [4.78, 5) is 22.5. The molecule has 0 saturated carbocycles. The van der Waals surface area contributed by atoms with Crippen LogP contribution in [0.2, 0.25) is 0 Å². The Kier molecular flexibility index (Phi) is 5.52. The first-order chi connectivity index (χ1) is 7.74. The SMILES string of the molecule is O=C(CCNC(=O)c1ccsc1)NCCO. The van der Waals surface area contributed by atoms with Gasteiger partial charge in [0.05, 0.1) is 6.61 Å². The van der Waals surface area contributed by atoms with Crippen molar-refractivity contribution in [2.45, 2.75) is 6.42 Å². The average molecular weight is 242 g/mol. The normalized spacial score (nSPS) is 9.81.